The lowest BCUT2D eigenvalue weighted by Gasteiger charge is -2.09. The quantitative estimate of drug-likeness (QED) is 0.492. The van der Waals surface area contributed by atoms with E-state index in [1.54, 1.807) is 24.3 Å². The molecule has 1 heterocycles. The van der Waals surface area contributed by atoms with Crippen LogP contribution < -0.4 is 4.74 Å². The highest BCUT2D eigenvalue weighted by Crippen LogP contribution is 2.44. The second-order valence-corrected chi connectivity index (χ2v) is 6.83. The van der Waals surface area contributed by atoms with Gasteiger partial charge in [-0.2, -0.15) is 0 Å². The van der Waals surface area contributed by atoms with Crippen molar-refractivity contribution in [3.8, 4) is 17.0 Å². The van der Waals surface area contributed by atoms with Crippen LogP contribution in [0.25, 0.3) is 17.3 Å². The first kappa shape index (κ1) is 17.7. The van der Waals surface area contributed by atoms with Gasteiger partial charge in [0.2, 0.25) is 0 Å². The summed E-state index contributed by atoms with van der Waals surface area (Å²) < 4.78 is 39.8. The maximum Gasteiger partial charge on any atom is 0.147 e. The average Bonchev–Trinajstić information content (AvgIpc) is 3.41. The van der Waals surface area contributed by atoms with E-state index in [0.29, 0.717) is 22.1 Å². The third kappa shape index (κ3) is 3.47. The SMILES string of the molecule is C=Cc1ccc(OCc2c(-c3c(F)cccc3F)noc2C2CC2)cc1Cl. The van der Waals surface area contributed by atoms with Gasteiger partial charge in [0.25, 0.3) is 0 Å². The molecule has 0 N–H and O–H groups in total. The first-order valence-electron chi connectivity index (χ1n) is 8.56. The molecule has 0 unspecified atom stereocenters. The molecule has 0 aliphatic heterocycles. The fourth-order valence-electron chi connectivity index (χ4n) is 2.97. The minimum absolute atomic E-state index is 0.0716. The Hall–Kier alpha value is -2.66. The monoisotopic (exact) mass is 387 g/mol. The zero-order valence-electron chi connectivity index (χ0n) is 14.3. The lowest BCUT2D eigenvalue weighted by Crippen LogP contribution is -2.01. The molecule has 3 aromatic rings. The molecule has 1 saturated carbocycles. The molecule has 0 saturated heterocycles. The van der Waals surface area contributed by atoms with Crippen LogP contribution in [0.4, 0.5) is 8.78 Å². The van der Waals surface area contributed by atoms with E-state index in [4.69, 9.17) is 20.9 Å². The predicted molar refractivity (Wildman–Crippen MR) is 99.7 cm³/mol. The van der Waals surface area contributed by atoms with Crippen LogP contribution >= 0.6 is 11.6 Å². The van der Waals surface area contributed by atoms with Crippen LogP contribution in [0.1, 0.15) is 35.6 Å². The van der Waals surface area contributed by atoms with Gasteiger partial charge >= 0.3 is 0 Å². The van der Waals surface area contributed by atoms with E-state index in [0.717, 1.165) is 18.4 Å². The lowest BCUT2D eigenvalue weighted by molar-refractivity contribution is 0.300. The number of ether oxygens (including phenoxy) is 1. The standard InChI is InChI=1S/C21H16ClF2NO2/c1-2-12-8-9-14(10-16(12)22)26-11-15-20(25-27-21(15)13-6-7-13)19-17(23)4-3-5-18(19)24/h2-5,8-10,13H,1,6-7,11H2. The highest BCUT2D eigenvalue weighted by Gasteiger charge is 2.34. The van der Waals surface area contributed by atoms with Gasteiger partial charge in [-0.15, -0.1) is 0 Å². The molecule has 1 aliphatic carbocycles. The fraction of sp³-hybridized carbons (Fsp3) is 0.190. The van der Waals surface area contributed by atoms with E-state index >= 15 is 0 Å². The van der Waals surface area contributed by atoms with E-state index in [1.807, 2.05) is 0 Å². The third-order valence-electron chi connectivity index (χ3n) is 4.54. The van der Waals surface area contributed by atoms with Gasteiger partial charge in [0.1, 0.15) is 35.4 Å². The van der Waals surface area contributed by atoms with Crippen LogP contribution in [0, 0.1) is 11.6 Å². The summed E-state index contributed by atoms with van der Waals surface area (Å²) in [6, 6.07) is 8.93. The molecule has 0 amide bonds. The van der Waals surface area contributed by atoms with Crippen molar-refractivity contribution in [2.24, 2.45) is 0 Å². The largest absolute Gasteiger partial charge is 0.489 e. The smallest absolute Gasteiger partial charge is 0.147 e. The molecule has 0 spiro atoms. The minimum atomic E-state index is -0.690. The fourth-order valence-corrected chi connectivity index (χ4v) is 3.21. The number of hydrogen-bond donors (Lipinski definition) is 0. The van der Waals surface area contributed by atoms with Crippen molar-refractivity contribution in [2.75, 3.05) is 0 Å². The number of aromatic nitrogens is 1. The van der Waals surface area contributed by atoms with Gasteiger partial charge in [0, 0.05) is 5.92 Å². The van der Waals surface area contributed by atoms with Gasteiger partial charge in [-0.05, 0) is 48.7 Å². The highest BCUT2D eigenvalue weighted by molar-refractivity contribution is 6.32. The van der Waals surface area contributed by atoms with Crippen LogP contribution in [0.3, 0.4) is 0 Å². The molecule has 4 rings (SSSR count). The molecule has 1 aromatic heterocycles. The van der Waals surface area contributed by atoms with Crippen LogP contribution in [0.15, 0.2) is 47.5 Å². The topological polar surface area (TPSA) is 35.3 Å². The van der Waals surface area contributed by atoms with Gasteiger partial charge in [-0.3, -0.25) is 0 Å². The normalized spacial score (nSPS) is 13.6. The van der Waals surface area contributed by atoms with E-state index in [2.05, 4.69) is 11.7 Å². The number of benzene rings is 2. The Kier molecular flexibility index (Phi) is 4.70. The van der Waals surface area contributed by atoms with Crippen molar-refractivity contribution in [2.45, 2.75) is 25.4 Å². The van der Waals surface area contributed by atoms with Gasteiger partial charge in [-0.25, -0.2) is 8.78 Å². The Labute approximate surface area is 160 Å². The summed E-state index contributed by atoms with van der Waals surface area (Å²) >= 11 is 6.17. The van der Waals surface area contributed by atoms with Crippen molar-refractivity contribution < 1.29 is 18.0 Å². The van der Waals surface area contributed by atoms with Gasteiger partial charge < -0.3 is 9.26 Å². The van der Waals surface area contributed by atoms with Crippen molar-refractivity contribution >= 4 is 17.7 Å². The van der Waals surface area contributed by atoms with Crippen molar-refractivity contribution in [1.82, 2.24) is 5.16 Å². The van der Waals surface area contributed by atoms with Crippen LogP contribution in [0.2, 0.25) is 5.02 Å². The van der Waals surface area contributed by atoms with Gasteiger partial charge in [0.05, 0.1) is 16.1 Å². The number of nitrogens with zero attached hydrogens (tertiary/aromatic N) is 1. The molecule has 3 nitrogen and oxygen atoms in total. The van der Waals surface area contributed by atoms with Crippen molar-refractivity contribution in [3.05, 3.63) is 76.5 Å². The Bertz CT molecular complexity index is 991. The second kappa shape index (κ2) is 7.16. The van der Waals surface area contributed by atoms with Crippen LogP contribution in [-0.4, -0.2) is 5.16 Å². The van der Waals surface area contributed by atoms with Crippen molar-refractivity contribution in [3.63, 3.8) is 0 Å². The molecule has 138 valence electrons. The molecular weight excluding hydrogens is 372 g/mol. The zero-order valence-corrected chi connectivity index (χ0v) is 15.1. The first-order valence-corrected chi connectivity index (χ1v) is 8.94. The molecule has 1 aliphatic rings. The van der Waals surface area contributed by atoms with E-state index in [-0.39, 0.29) is 23.8 Å². The highest BCUT2D eigenvalue weighted by atomic mass is 35.5. The molecule has 6 heteroatoms. The Morgan fingerprint density at radius 1 is 1.22 bits per heavy atom. The van der Waals surface area contributed by atoms with E-state index in [9.17, 15) is 8.78 Å². The van der Waals surface area contributed by atoms with Gasteiger partial charge in [0.15, 0.2) is 0 Å². The summed E-state index contributed by atoms with van der Waals surface area (Å²) in [7, 11) is 0. The molecule has 1 fully saturated rings. The predicted octanol–water partition coefficient (Wildman–Crippen LogP) is 6.37. The number of halogens is 3. The summed E-state index contributed by atoms with van der Waals surface area (Å²) in [5.74, 6) is -0.00284. The summed E-state index contributed by atoms with van der Waals surface area (Å²) in [4.78, 5) is 0. The molecule has 0 atom stereocenters. The van der Waals surface area contributed by atoms with Crippen molar-refractivity contribution in [1.29, 1.82) is 0 Å². The molecule has 2 aromatic carbocycles. The molecular formula is C21H16ClF2NO2. The van der Waals surface area contributed by atoms with E-state index < -0.39 is 11.6 Å². The zero-order chi connectivity index (χ0) is 19.0. The summed E-state index contributed by atoms with van der Waals surface area (Å²) in [5.41, 5.74) is 1.29. The maximum absolute atomic E-state index is 14.3. The minimum Gasteiger partial charge on any atom is -0.489 e. The second-order valence-electron chi connectivity index (χ2n) is 6.42. The summed E-state index contributed by atoms with van der Waals surface area (Å²) in [5, 5.41) is 4.46. The lowest BCUT2D eigenvalue weighted by atomic mass is 10.0. The van der Waals surface area contributed by atoms with Crippen LogP contribution in [0.5, 0.6) is 5.75 Å². The third-order valence-corrected chi connectivity index (χ3v) is 4.87. The van der Waals surface area contributed by atoms with E-state index in [1.165, 1.54) is 18.2 Å². The Morgan fingerprint density at radius 2 is 1.96 bits per heavy atom. The molecule has 27 heavy (non-hydrogen) atoms. The average molecular weight is 388 g/mol. The summed E-state index contributed by atoms with van der Waals surface area (Å²) in [6.45, 7) is 3.76. The number of rotatable bonds is 6. The Morgan fingerprint density at radius 3 is 2.59 bits per heavy atom. The number of hydrogen-bond acceptors (Lipinski definition) is 3. The summed E-state index contributed by atoms with van der Waals surface area (Å²) in [6.07, 6.45) is 3.57. The van der Waals surface area contributed by atoms with Crippen LogP contribution in [-0.2, 0) is 6.61 Å². The maximum atomic E-state index is 14.3. The molecule has 0 radical (unpaired) electrons. The van der Waals surface area contributed by atoms with Gasteiger partial charge in [-0.1, -0.05) is 35.5 Å². The molecule has 0 bridgehead atoms. The Balaban J connectivity index is 1.68. The first-order chi connectivity index (χ1) is 13.1.